The Morgan fingerprint density at radius 1 is 1.06 bits per heavy atom. The van der Waals surface area contributed by atoms with Crippen molar-refractivity contribution in [2.24, 2.45) is 5.73 Å². The van der Waals surface area contributed by atoms with Crippen molar-refractivity contribution in [1.29, 1.82) is 0 Å². The highest BCUT2D eigenvalue weighted by molar-refractivity contribution is 5.87. The molecule has 0 heterocycles. The van der Waals surface area contributed by atoms with E-state index in [1.54, 1.807) is 19.9 Å². The lowest BCUT2D eigenvalue weighted by molar-refractivity contribution is -0.368. The molecule has 2 atom stereocenters. The minimum Gasteiger partial charge on any atom is -0.461 e. The molecule has 1 rings (SSSR count). The normalized spacial score (nSPS) is 12.6. The molecule has 0 saturated carbocycles. The van der Waals surface area contributed by atoms with E-state index in [0.29, 0.717) is 24.9 Å². The van der Waals surface area contributed by atoms with Crippen LogP contribution in [0.2, 0.25) is 0 Å². The second-order valence-corrected chi connectivity index (χ2v) is 7.32. The van der Waals surface area contributed by atoms with Crippen LogP contribution in [-0.4, -0.2) is 48.5 Å². The van der Waals surface area contributed by atoms with Crippen LogP contribution in [0, 0.1) is 0 Å². The molecule has 0 aliphatic heterocycles. The number of amides is 1. The van der Waals surface area contributed by atoms with Gasteiger partial charge in [-0.05, 0) is 44.4 Å². The lowest BCUT2D eigenvalue weighted by Crippen LogP contribution is -2.52. The topological polar surface area (TPSA) is 162 Å². The van der Waals surface area contributed by atoms with Crippen LogP contribution < -0.4 is 26.3 Å². The smallest absolute Gasteiger partial charge is 0.329 e. The second kappa shape index (κ2) is 12.7. The largest absolute Gasteiger partial charge is 0.461 e. The van der Waals surface area contributed by atoms with Gasteiger partial charge in [-0.1, -0.05) is 6.07 Å². The maximum absolute atomic E-state index is 12.6. The number of nitrogens with two attached hydrogens (primary N) is 1. The van der Waals surface area contributed by atoms with Gasteiger partial charge in [-0.25, -0.2) is 4.79 Å². The number of quaternary nitrogens is 1. The highest BCUT2D eigenvalue weighted by Gasteiger charge is 2.26. The van der Waals surface area contributed by atoms with E-state index in [0.717, 1.165) is 0 Å². The van der Waals surface area contributed by atoms with Crippen LogP contribution in [0.5, 0.6) is 11.5 Å². The molecule has 0 aliphatic carbocycles. The van der Waals surface area contributed by atoms with Gasteiger partial charge in [-0.3, -0.25) is 14.4 Å². The molecule has 1 aromatic carbocycles. The van der Waals surface area contributed by atoms with Gasteiger partial charge >= 0.3 is 17.9 Å². The molecule has 172 valence electrons. The van der Waals surface area contributed by atoms with Crippen LogP contribution in [-0.2, 0) is 30.3 Å². The highest BCUT2D eigenvalue weighted by Crippen LogP contribution is 2.29. The minimum atomic E-state index is -1.01. The summed E-state index contributed by atoms with van der Waals surface area (Å²) in [5.74, 6) is -2.20. The van der Waals surface area contributed by atoms with Crippen LogP contribution in [0.15, 0.2) is 18.2 Å². The van der Waals surface area contributed by atoms with Crippen molar-refractivity contribution >= 4 is 23.8 Å². The van der Waals surface area contributed by atoms with Gasteiger partial charge in [-0.2, -0.15) is 0 Å². The average molecular weight is 439 g/mol. The summed E-state index contributed by atoms with van der Waals surface area (Å²) in [5, 5.41) is 2.63. The van der Waals surface area contributed by atoms with Gasteiger partial charge in [0.15, 0.2) is 11.5 Å². The van der Waals surface area contributed by atoms with E-state index in [9.17, 15) is 19.2 Å². The molecule has 0 saturated heterocycles. The van der Waals surface area contributed by atoms with Crippen molar-refractivity contribution in [2.75, 3.05) is 6.54 Å². The van der Waals surface area contributed by atoms with E-state index < -0.39 is 35.9 Å². The van der Waals surface area contributed by atoms with Crippen molar-refractivity contribution in [3.63, 3.8) is 0 Å². The number of nitrogens with one attached hydrogen (secondary N) is 1. The summed E-state index contributed by atoms with van der Waals surface area (Å²) in [7, 11) is 0. The van der Waals surface area contributed by atoms with E-state index in [2.05, 4.69) is 11.1 Å². The molecule has 1 amide bonds. The number of esters is 3. The third-order valence-electron chi connectivity index (χ3n) is 4.01. The van der Waals surface area contributed by atoms with Gasteiger partial charge < -0.3 is 31.0 Å². The first-order chi connectivity index (χ1) is 14.5. The fraction of sp³-hybridized carbons (Fsp3) is 0.524. The molecule has 0 fully saturated rings. The monoisotopic (exact) mass is 438 g/mol. The molecule has 0 aromatic heterocycles. The quantitative estimate of drug-likeness (QED) is 0.318. The number of carbonyl (C=O) groups excluding carboxylic acids is 4. The summed E-state index contributed by atoms with van der Waals surface area (Å²) in [6.45, 7) is 6.47. The zero-order valence-corrected chi connectivity index (χ0v) is 18.4. The molecule has 10 nitrogen and oxygen atoms in total. The van der Waals surface area contributed by atoms with E-state index in [1.165, 1.54) is 26.0 Å². The molecule has 0 radical (unpaired) electrons. The number of benzene rings is 1. The Bertz CT molecular complexity index is 795. The standard InChI is InChI=1S/C21H31N3O7/c1-12(2)29-21(28)17(24-20(27)16(23)6-5-9-22)10-15-7-8-18(30-13(3)25)19(11-15)31-14(4)26/h7-8,11-12,16-17H,5-6,9-10,22-23H2,1-4H3,(H,24,27)/p+1/t16-,17+/m0/s1. The van der Waals surface area contributed by atoms with Crippen molar-refractivity contribution in [3.05, 3.63) is 23.8 Å². The van der Waals surface area contributed by atoms with Gasteiger partial charge in [0.1, 0.15) is 6.04 Å². The Morgan fingerprint density at radius 2 is 1.68 bits per heavy atom. The summed E-state index contributed by atoms with van der Waals surface area (Å²) in [5.41, 5.74) is 10.2. The SMILES string of the molecule is CC(=O)Oc1ccc(C[C@@H](NC(=O)[C@@H](N)CCC[NH3+])C(=O)OC(C)C)cc1OC(C)=O. The van der Waals surface area contributed by atoms with Gasteiger partial charge in [-0.15, -0.1) is 0 Å². The van der Waals surface area contributed by atoms with Crippen LogP contribution in [0.4, 0.5) is 0 Å². The van der Waals surface area contributed by atoms with Crippen molar-refractivity contribution in [3.8, 4) is 11.5 Å². The predicted octanol–water partition coefficient (Wildman–Crippen LogP) is -0.134. The number of carbonyl (C=O) groups is 4. The zero-order valence-electron chi connectivity index (χ0n) is 18.4. The fourth-order valence-electron chi connectivity index (χ4n) is 2.67. The van der Waals surface area contributed by atoms with E-state index in [1.807, 2.05) is 0 Å². The summed E-state index contributed by atoms with van der Waals surface area (Å²) >= 11 is 0. The molecule has 10 heteroatoms. The predicted molar refractivity (Wildman–Crippen MR) is 111 cm³/mol. The lowest BCUT2D eigenvalue weighted by atomic mass is 10.0. The van der Waals surface area contributed by atoms with Crippen LogP contribution in [0.1, 0.15) is 46.1 Å². The van der Waals surface area contributed by atoms with Crippen molar-refractivity contribution in [2.45, 2.75) is 65.1 Å². The number of hydrogen-bond acceptors (Lipinski definition) is 8. The Hall–Kier alpha value is -2.98. The molecule has 6 N–H and O–H groups in total. The Kier molecular flexibility index (Phi) is 10.6. The van der Waals surface area contributed by atoms with E-state index >= 15 is 0 Å². The lowest BCUT2D eigenvalue weighted by Gasteiger charge is -2.21. The van der Waals surface area contributed by atoms with Crippen LogP contribution in [0.3, 0.4) is 0 Å². The summed E-state index contributed by atoms with van der Waals surface area (Å²) in [4.78, 5) is 47.7. The summed E-state index contributed by atoms with van der Waals surface area (Å²) < 4.78 is 15.4. The number of ether oxygens (including phenoxy) is 3. The Balaban J connectivity index is 3.11. The van der Waals surface area contributed by atoms with Crippen LogP contribution >= 0.6 is 0 Å². The molecule has 0 unspecified atom stereocenters. The Morgan fingerprint density at radius 3 is 2.23 bits per heavy atom. The van der Waals surface area contributed by atoms with E-state index in [-0.39, 0.29) is 24.0 Å². The van der Waals surface area contributed by atoms with Crippen molar-refractivity contribution in [1.82, 2.24) is 5.32 Å². The summed E-state index contributed by atoms with van der Waals surface area (Å²) in [6, 6.07) is 2.71. The molecule has 0 bridgehead atoms. The molecular weight excluding hydrogens is 406 g/mol. The Labute approximate surface area is 181 Å². The molecule has 0 aliphatic rings. The number of hydrogen-bond donors (Lipinski definition) is 3. The first kappa shape index (κ1) is 26.1. The first-order valence-corrected chi connectivity index (χ1v) is 10.1. The molecule has 1 aromatic rings. The maximum atomic E-state index is 12.6. The third kappa shape index (κ3) is 9.58. The maximum Gasteiger partial charge on any atom is 0.329 e. The average Bonchev–Trinajstić information content (AvgIpc) is 2.66. The van der Waals surface area contributed by atoms with Crippen LogP contribution in [0.25, 0.3) is 0 Å². The minimum absolute atomic E-state index is 0.0228. The van der Waals surface area contributed by atoms with Gasteiger partial charge in [0.25, 0.3) is 0 Å². The zero-order chi connectivity index (χ0) is 23.6. The molecule has 0 spiro atoms. The molecule has 31 heavy (non-hydrogen) atoms. The second-order valence-electron chi connectivity index (χ2n) is 7.32. The summed E-state index contributed by atoms with van der Waals surface area (Å²) in [6.07, 6.45) is 0.789. The van der Waals surface area contributed by atoms with Gasteiger partial charge in [0.05, 0.1) is 18.7 Å². The van der Waals surface area contributed by atoms with Gasteiger partial charge in [0, 0.05) is 20.3 Å². The number of rotatable bonds is 11. The molecular formula is C21H32N3O7+. The van der Waals surface area contributed by atoms with E-state index in [4.69, 9.17) is 19.9 Å². The first-order valence-electron chi connectivity index (χ1n) is 10.1. The van der Waals surface area contributed by atoms with Gasteiger partial charge in [0.2, 0.25) is 5.91 Å². The van der Waals surface area contributed by atoms with Crippen molar-refractivity contribution < 1.29 is 39.1 Å². The third-order valence-corrected chi connectivity index (χ3v) is 4.01. The fourth-order valence-corrected chi connectivity index (χ4v) is 2.67. The highest BCUT2D eigenvalue weighted by atomic mass is 16.6.